The van der Waals surface area contributed by atoms with Crippen LogP contribution in [0.4, 0.5) is 13.2 Å². The molecule has 0 unspecified atom stereocenters. The largest absolute Gasteiger partial charge is 0.204 e. The minimum absolute atomic E-state index is 0.564. The van der Waals surface area contributed by atoms with Crippen LogP contribution < -0.4 is 0 Å². The van der Waals surface area contributed by atoms with Crippen molar-refractivity contribution in [1.82, 2.24) is 0 Å². The van der Waals surface area contributed by atoms with E-state index in [1.165, 1.54) is 51.4 Å². The van der Waals surface area contributed by atoms with Crippen molar-refractivity contribution in [3.05, 3.63) is 47.3 Å². The second-order valence-corrected chi connectivity index (χ2v) is 7.14. The fourth-order valence-corrected chi connectivity index (χ4v) is 3.67. The van der Waals surface area contributed by atoms with Crippen molar-refractivity contribution in [3.8, 4) is 0 Å². The maximum atomic E-state index is 13.2. The van der Waals surface area contributed by atoms with E-state index in [2.05, 4.69) is 19.1 Å². The van der Waals surface area contributed by atoms with Crippen LogP contribution in [0.1, 0.15) is 70.3 Å². The van der Waals surface area contributed by atoms with Crippen LogP contribution in [-0.4, -0.2) is 0 Å². The fraction of sp³-hybridized carbons (Fsp3) is 0.619. The van der Waals surface area contributed by atoms with E-state index in [1.54, 1.807) is 0 Å². The van der Waals surface area contributed by atoms with Gasteiger partial charge in [0.1, 0.15) is 0 Å². The molecule has 1 saturated carbocycles. The molecule has 1 fully saturated rings. The van der Waals surface area contributed by atoms with Gasteiger partial charge >= 0.3 is 0 Å². The molecule has 0 bridgehead atoms. The number of aryl methyl sites for hydroxylation is 1. The second kappa shape index (κ2) is 9.90. The first-order valence-corrected chi connectivity index (χ1v) is 9.38. The molecular weight excluding hydrogens is 309 g/mol. The molecule has 0 aromatic heterocycles. The molecule has 0 N–H and O–H groups in total. The molecule has 1 aromatic carbocycles. The lowest BCUT2D eigenvalue weighted by Crippen LogP contribution is -2.15. The van der Waals surface area contributed by atoms with Crippen molar-refractivity contribution in [2.75, 3.05) is 0 Å². The predicted molar refractivity (Wildman–Crippen MR) is 93.4 cm³/mol. The van der Waals surface area contributed by atoms with Crippen molar-refractivity contribution in [2.45, 2.75) is 71.1 Å². The standard InChI is InChI=1S/C21H29F3/c1-2-3-4-5-6-7-16-8-10-17(11-9-16)12-13-18-14-19(22)21(24)20(23)15-18/h4-5,14-17H,2-3,6-13H2,1H3. The van der Waals surface area contributed by atoms with Gasteiger partial charge in [-0.15, -0.1) is 0 Å². The summed E-state index contributed by atoms with van der Waals surface area (Å²) in [6, 6.07) is 2.26. The van der Waals surface area contributed by atoms with Crippen molar-refractivity contribution < 1.29 is 13.2 Å². The zero-order valence-corrected chi connectivity index (χ0v) is 14.7. The van der Waals surface area contributed by atoms with Crippen LogP contribution in [0.15, 0.2) is 24.3 Å². The Hall–Kier alpha value is -1.25. The highest BCUT2D eigenvalue weighted by Gasteiger charge is 2.21. The van der Waals surface area contributed by atoms with Crippen LogP contribution in [0.5, 0.6) is 0 Å². The molecule has 1 aliphatic rings. The minimum Gasteiger partial charge on any atom is -0.204 e. The van der Waals surface area contributed by atoms with Crippen LogP contribution in [0, 0.1) is 29.3 Å². The van der Waals surface area contributed by atoms with Crippen LogP contribution in [0.3, 0.4) is 0 Å². The Bertz CT molecular complexity index is 505. The first-order valence-electron chi connectivity index (χ1n) is 9.38. The Morgan fingerprint density at radius 3 is 2.00 bits per heavy atom. The SMILES string of the molecule is CCCC=CCCC1CCC(CCc2cc(F)c(F)c(F)c2)CC1. The summed E-state index contributed by atoms with van der Waals surface area (Å²) in [5, 5.41) is 0. The van der Waals surface area contributed by atoms with Gasteiger partial charge in [-0.25, -0.2) is 13.2 Å². The molecule has 0 aliphatic heterocycles. The number of hydrogen-bond acceptors (Lipinski definition) is 0. The van der Waals surface area contributed by atoms with Gasteiger partial charge in [0.25, 0.3) is 0 Å². The molecule has 0 saturated heterocycles. The Morgan fingerprint density at radius 1 is 0.875 bits per heavy atom. The molecule has 0 spiro atoms. The molecule has 0 radical (unpaired) electrons. The van der Waals surface area contributed by atoms with Crippen LogP contribution in [0.2, 0.25) is 0 Å². The summed E-state index contributed by atoms with van der Waals surface area (Å²) in [6.45, 7) is 2.19. The maximum Gasteiger partial charge on any atom is 0.194 e. The third-order valence-corrected chi connectivity index (χ3v) is 5.21. The Balaban J connectivity index is 1.68. The third kappa shape index (κ3) is 5.99. The summed E-state index contributed by atoms with van der Waals surface area (Å²) in [5.41, 5.74) is 0.564. The van der Waals surface area contributed by atoms with Crippen molar-refractivity contribution in [2.24, 2.45) is 11.8 Å². The molecule has 0 heterocycles. The first-order chi connectivity index (χ1) is 11.6. The molecular formula is C21H29F3. The monoisotopic (exact) mass is 338 g/mol. The van der Waals surface area contributed by atoms with E-state index in [9.17, 15) is 13.2 Å². The quantitative estimate of drug-likeness (QED) is 0.354. The Kier molecular flexibility index (Phi) is 7.87. The van der Waals surface area contributed by atoms with E-state index >= 15 is 0 Å². The van der Waals surface area contributed by atoms with Gasteiger partial charge < -0.3 is 0 Å². The maximum absolute atomic E-state index is 13.2. The molecule has 2 rings (SSSR count). The van der Waals surface area contributed by atoms with Crippen LogP contribution >= 0.6 is 0 Å². The number of rotatable bonds is 8. The van der Waals surface area contributed by atoms with Gasteiger partial charge in [0.05, 0.1) is 0 Å². The number of benzene rings is 1. The van der Waals surface area contributed by atoms with E-state index in [4.69, 9.17) is 0 Å². The molecule has 0 atom stereocenters. The van der Waals surface area contributed by atoms with Gasteiger partial charge in [-0.1, -0.05) is 51.2 Å². The van der Waals surface area contributed by atoms with Gasteiger partial charge in [0.15, 0.2) is 17.5 Å². The van der Waals surface area contributed by atoms with Gasteiger partial charge in [-0.05, 0) is 61.6 Å². The summed E-state index contributed by atoms with van der Waals surface area (Å²) in [5.74, 6) is -2.07. The third-order valence-electron chi connectivity index (χ3n) is 5.21. The molecule has 24 heavy (non-hydrogen) atoms. The van der Waals surface area contributed by atoms with Crippen molar-refractivity contribution >= 4 is 0 Å². The number of unbranched alkanes of at least 4 members (excludes halogenated alkanes) is 1. The van der Waals surface area contributed by atoms with Crippen LogP contribution in [0.25, 0.3) is 0 Å². The van der Waals surface area contributed by atoms with Crippen LogP contribution in [-0.2, 0) is 6.42 Å². The predicted octanol–water partition coefficient (Wildman–Crippen LogP) is 6.98. The number of hydrogen-bond donors (Lipinski definition) is 0. The fourth-order valence-electron chi connectivity index (χ4n) is 3.67. The highest BCUT2D eigenvalue weighted by molar-refractivity contribution is 5.19. The highest BCUT2D eigenvalue weighted by Crippen LogP contribution is 2.34. The lowest BCUT2D eigenvalue weighted by atomic mass is 9.78. The summed E-state index contributed by atoms with van der Waals surface area (Å²) in [6.07, 6.45) is 15.9. The zero-order valence-electron chi connectivity index (χ0n) is 14.7. The molecule has 1 aliphatic carbocycles. The van der Waals surface area contributed by atoms with E-state index in [-0.39, 0.29) is 0 Å². The summed E-state index contributed by atoms with van der Waals surface area (Å²) in [7, 11) is 0. The van der Waals surface area contributed by atoms with Gasteiger partial charge in [0, 0.05) is 0 Å². The Labute approximate surface area is 144 Å². The first kappa shape index (κ1) is 19.1. The topological polar surface area (TPSA) is 0 Å². The average molecular weight is 338 g/mol. The van der Waals surface area contributed by atoms with E-state index in [0.717, 1.165) is 24.5 Å². The normalized spacial score (nSPS) is 21.5. The van der Waals surface area contributed by atoms with Crippen molar-refractivity contribution in [1.29, 1.82) is 0 Å². The van der Waals surface area contributed by atoms with Gasteiger partial charge in [-0.3, -0.25) is 0 Å². The smallest absolute Gasteiger partial charge is 0.194 e. The summed E-state index contributed by atoms with van der Waals surface area (Å²) in [4.78, 5) is 0. The zero-order chi connectivity index (χ0) is 17.4. The summed E-state index contributed by atoms with van der Waals surface area (Å²) < 4.78 is 39.4. The van der Waals surface area contributed by atoms with E-state index < -0.39 is 17.5 Å². The molecule has 3 heteroatoms. The molecule has 0 amide bonds. The molecule has 134 valence electrons. The molecule has 0 nitrogen and oxygen atoms in total. The second-order valence-electron chi connectivity index (χ2n) is 7.14. The van der Waals surface area contributed by atoms with Gasteiger partial charge in [0.2, 0.25) is 0 Å². The lowest BCUT2D eigenvalue weighted by Gasteiger charge is -2.28. The summed E-state index contributed by atoms with van der Waals surface area (Å²) >= 11 is 0. The van der Waals surface area contributed by atoms with E-state index in [0.29, 0.717) is 17.9 Å². The highest BCUT2D eigenvalue weighted by atomic mass is 19.2. The van der Waals surface area contributed by atoms with Crippen molar-refractivity contribution in [3.63, 3.8) is 0 Å². The minimum atomic E-state index is -1.37. The average Bonchev–Trinajstić information content (AvgIpc) is 2.58. The number of halogens is 3. The number of allylic oxidation sites excluding steroid dienone is 2. The van der Waals surface area contributed by atoms with E-state index in [1.807, 2.05) is 0 Å². The lowest BCUT2D eigenvalue weighted by molar-refractivity contribution is 0.254. The van der Waals surface area contributed by atoms with Gasteiger partial charge in [-0.2, -0.15) is 0 Å². The Morgan fingerprint density at radius 2 is 1.42 bits per heavy atom. The molecule has 1 aromatic rings.